The van der Waals surface area contributed by atoms with Gasteiger partial charge in [-0.25, -0.2) is 4.79 Å². The van der Waals surface area contributed by atoms with Crippen molar-refractivity contribution in [2.24, 2.45) is 11.7 Å². The maximum absolute atomic E-state index is 12.7. The normalized spacial score (nSPS) is 11.8. The van der Waals surface area contributed by atoms with Crippen LogP contribution in [0.15, 0.2) is 0 Å². The Morgan fingerprint density at radius 2 is 1.97 bits per heavy atom. The van der Waals surface area contributed by atoms with Crippen LogP contribution in [-0.2, 0) is 16.1 Å². The molecule has 0 aliphatic heterocycles. The van der Waals surface area contributed by atoms with Crippen molar-refractivity contribution in [1.29, 1.82) is 0 Å². The fraction of sp³-hybridized carbons (Fsp3) is 0.412. The molecule has 0 aromatic carbocycles. The van der Waals surface area contributed by atoms with E-state index in [9.17, 15) is 24.5 Å². The van der Waals surface area contributed by atoms with Gasteiger partial charge in [0.1, 0.15) is 16.4 Å². The maximum Gasteiger partial charge on any atom is 0.341 e. The number of carbonyl (C=O) groups is 3. The van der Waals surface area contributed by atoms with Gasteiger partial charge in [0.15, 0.2) is 0 Å². The van der Waals surface area contributed by atoms with Crippen LogP contribution in [-0.4, -0.2) is 39.6 Å². The Morgan fingerprint density at radius 3 is 2.45 bits per heavy atom. The Morgan fingerprint density at radius 1 is 1.34 bits per heavy atom. The number of primary amides is 1. The Hall–Kier alpha value is -3.28. The van der Waals surface area contributed by atoms with E-state index in [0.717, 1.165) is 11.3 Å². The van der Waals surface area contributed by atoms with Crippen LogP contribution in [0.3, 0.4) is 0 Å². The summed E-state index contributed by atoms with van der Waals surface area (Å²) in [5.74, 6) is -2.52. The second-order valence-electron chi connectivity index (χ2n) is 6.47. The van der Waals surface area contributed by atoms with E-state index in [1.807, 2.05) is 0 Å². The molecule has 3 N–H and O–H groups in total. The lowest BCUT2D eigenvalue weighted by atomic mass is 10.1. The molecule has 2 rings (SSSR count). The molecule has 1 unspecified atom stereocenters. The smallest absolute Gasteiger partial charge is 0.341 e. The number of nitro groups is 1. The topological polar surface area (TPSA) is 159 Å². The molecule has 12 heteroatoms. The fourth-order valence-electron chi connectivity index (χ4n) is 2.89. The van der Waals surface area contributed by atoms with Crippen molar-refractivity contribution in [3.8, 4) is 0 Å². The summed E-state index contributed by atoms with van der Waals surface area (Å²) in [7, 11) is 1.19. The third-order valence-electron chi connectivity index (χ3n) is 4.42. The van der Waals surface area contributed by atoms with Crippen LogP contribution in [0.1, 0.15) is 43.9 Å². The molecule has 0 aliphatic rings. The Bertz CT molecular complexity index is 1010. The van der Waals surface area contributed by atoms with Crippen LogP contribution in [0.5, 0.6) is 0 Å². The summed E-state index contributed by atoms with van der Waals surface area (Å²) in [6, 6.07) is 0. The highest BCUT2D eigenvalue weighted by Crippen LogP contribution is 2.34. The molecule has 0 saturated heterocycles. The van der Waals surface area contributed by atoms with E-state index in [2.05, 4.69) is 10.4 Å². The summed E-state index contributed by atoms with van der Waals surface area (Å²) in [5, 5.41) is 18.0. The van der Waals surface area contributed by atoms with Gasteiger partial charge in [-0.2, -0.15) is 5.10 Å². The quantitative estimate of drug-likeness (QED) is 0.391. The molecule has 0 radical (unpaired) electrons. The summed E-state index contributed by atoms with van der Waals surface area (Å²) in [5.41, 5.74) is 6.22. The first kappa shape index (κ1) is 22.0. The van der Waals surface area contributed by atoms with Crippen molar-refractivity contribution in [2.45, 2.75) is 34.2 Å². The van der Waals surface area contributed by atoms with Crippen molar-refractivity contribution in [2.75, 3.05) is 12.4 Å². The van der Waals surface area contributed by atoms with E-state index in [-0.39, 0.29) is 33.4 Å². The van der Waals surface area contributed by atoms with E-state index in [1.165, 1.54) is 25.6 Å². The molecular formula is C17H21N5O6S. The maximum atomic E-state index is 12.7. The predicted octanol–water partition coefficient (Wildman–Crippen LogP) is 1.94. The van der Waals surface area contributed by atoms with Crippen molar-refractivity contribution < 1.29 is 24.0 Å². The largest absolute Gasteiger partial charge is 0.465 e. The number of amides is 2. The number of hydrogen-bond donors (Lipinski definition) is 2. The number of nitrogens with zero attached hydrogens (tertiary/aromatic N) is 3. The number of nitrogens with two attached hydrogens (primary N) is 1. The molecule has 2 heterocycles. The highest BCUT2D eigenvalue weighted by atomic mass is 32.1. The second kappa shape index (κ2) is 8.39. The molecular weight excluding hydrogens is 402 g/mol. The number of esters is 1. The lowest BCUT2D eigenvalue weighted by molar-refractivity contribution is -0.386. The first-order valence-electron chi connectivity index (χ1n) is 8.50. The van der Waals surface area contributed by atoms with Crippen molar-refractivity contribution in [3.05, 3.63) is 37.5 Å². The standard InChI is InChI=1S/C17H21N5O6S/c1-7(6-21-10(4)12(22(26)27)9(3)20-21)15(24)19-16-11(17(25)28-5)8(2)13(29-16)14(18)23/h7H,6H2,1-5H3,(H2,18,23)(H,19,24). The molecule has 0 saturated carbocycles. The molecule has 156 valence electrons. The van der Waals surface area contributed by atoms with Crippen LogP contribution in [0.2, 0.25) is 0 Å². The van der Waals surface area contributed by atoms with Crippen LogP contribution >= 0.6 is 11.3 Å². The van der Waals surface area contributed by atoms with Gasteiger partial charge in [-0.15, -0.1) is 11.3 Å². The molecule has 1 atom stereocenters. The molecule has 0 fully saturated rings. The Labute approximate surface area is 170 Å². The van der Waals surface area contributed by atoms with Crippen molar-refractivity contribution in [1.82, 2.24) is 9.78 Å². The monoisotopic (exact) mass is 423 g/mol. The highest BCUT2D eigenvalue weighted by Gasteiger charge is 2.28. The Kier molecular flexibility index (Phi) is 6.37. The molecule has 2 amide bonds. The van der Waals surface area contributed by atoms with Crippen LogP contribution in [0.4, 0.5) is 10.7 Å². The van der Waals surface area contributed by atoms with Gasteiger partial charge in [0.25, 0.3) is 5.91 Å². The fourth-order valence-corrected chi connectivity index (χ4v) is 3.94. The number of anilines is 1. The summed E-state index contributed by atoms with van der Waals surface area (Å²) >= 11 is 0.885. The summed E-state index contributed by atoms with van der Waals surface area (Å²) in [4.78, 5) is 47.1. The van der Waals surface area contributed by atoms with Gasteiger partial charge < -0.3 is 15.8 Å². The number of aromatic nitrogens is 2. The molecule has 0 aliphatic carbocycles. The van der Waals surface area contributed by atoms with Crippen LogP contribution < -0.4 is 11.1 Å². The van der Waals surface area contributed by atoms with E-state index in [0.29, 0.717) is 11.3 Å². The van der Waals surface area contributed by atoms with Gasteiger partial charge >= 0.3 is 11.7 Å². The number of carbonyl (C=O) groups excluding carboxylic acids is 3. The minimum atomic E-state index is -0.721. The second-order valence-corrected chi connectivity index (χ2v) is 7.49. The SMILES string of the molecule is COC(=O)c1c(NC(=O)C(C)Cn2nc(C)c([N+](=O)[O-])c2C)sc(C(N)=O)c1C. The van der Waals surface area contributed by atoms with Gasteiger partial charge in [0.2, 0.25) is 5.91 Å². The van der Waals surface area contributed by atoms with Gasteiger partial charge in [-0.1, -0.05) is 6.92 Å². The van der Waals surface area contributed by atoms with Crippen LogP contribution in [0, 0.1) is 36.8 Å². The average Bonchev–Trinajstić information content (AvgIpc) is 3.10. The molecule has 0 spiro atoms. The number of nitrogens with one attached hydrogen (secondary N) is 1. The van der Waals surface area contributed by atoms with Gasteiger partial charge in [-0.3, -0.25) is 24.4 Å². The minimum Gasteiger partial charge on any atom is -0.465 e. The van der Waals surface area contributed by atoms with E-state index in [1.54, 1.807) is 13.8 Å². The Balaban J connectivity index is 2.28. The third-order valence-corrected chi connectivity index (χ3v) is 5.64. The number of methoxy groups -OCH3 is 1. The molecule has 2 aromatic rings. The zero-order valence-corrected chi connectivity index (χ0v) is 17.4. The third kappa shape index (κ3) is 4.26. The van der Waals surface area contributed by atoms with E-state index in [4.69, 9.17) is 10.5 Å². The molecule has 29 heavy (non-hydrogen) atoms. The summed E-state index contributed by atoms with van der Waals surface area (Å²) < 4.78 is 6.13. The van der Waals surface area contributed by atoms with E-state index < -0.39 is 28.6 Å². The van der Waals surface area contributed by atoms with E-state index >= 15 is 0 Å². The average molecular weight is 423 g/mol. The van der Waals surface area contributed by atoms with Gasteiger partial charge in [0, 0.05) is 0 Å². The zero-order chi connectivity index (χ0) is 22.0. The predicted molar refractivity (Wildman–Crippen MR) is 105 cm³/mol. The number of hydrogen-bond acceptors (Lipinski definition) is 8. The first-order valence-corrected chi connectivity index (χ1v) is 9.31. The minimum absolute atomic E-state index is 0.0635. The molecule has 0 bridgehead atoms. The van der Waals surface area contributed by atoms with Crippen LogP contribution in [0.25, 0.3) is 0 Å². The van der Waals surface area contributed by atoms with Crippen molar-refractivity contribution >= 4 is 39.8 Å². The number of rotatable bonds is 7. The number of ether oxygens (including phenoxy) is 1. The van der Waals surface area contributed by atoms with Gasteiger partial charge in [0.05, 0.1) is 34.9 Å². The first-order chi connectivity index (χ1) is 13.5. The number of thiophene rings is 1. The highest BCUT2D eigenvalue weighted by molar-refractivity contribution is 7.18. The lowest BCUT2D eigenvalue weighted by Crippen LogP contribution is -2.25. The summed E-state index contributed by atoms with van der Waals surface area (Å²) in [6.07, 6.45) is 0. The molecule has 2 aromatic heterocycles. The zero-order valence-electron chi connectivity index (χ0n) is 16.6. The number of aryl methyl sites for hydroxylation is 1. The summed E-state index contributed by atoms with van der Waals surface area (Å²) in [6.45, 7) is 6.32. The van der Waals surface area contributed by atoms with Crippen molar-refractivity contribution in [3.63, 3.8) is 0 Å². The lowest BCUT2D eigenvalue weighted by Gasteiger charge is -2.13. The van der Waals surface area contributed by atoms with Gasteiger partial charge in [-0.05, 0) is 26.3 Å². The molecule has 11 nitrogen and oxygen atoms in total.